The van der Waals surface area contributed by atoms with E-state index in [1.807, 2.05) is 13.8 Å². The molecule has 1 aromatic rings. The SMILES string of the molecule is CC(C)(C#N)CCCCn1ncc(N)cc1=O. The molecule has 1 rings (SSSR count). The topological polar surface area (TPSA) is 84.7 Å². The summed E-state index contributed by atoms with van der Waals surface area (Å²) in [6, 6.07) is 3.63. The average Bonchev–Trinajstić information content (AvgIpc) is 2.27. The van der Waals surface area contributed by atoms with Gasteiger partial charge in [0, 0.05) is 12.6 Å². The number of aromatic nitrogens is 2. The smallest absolute Gasteiger partial charge is 0.268 e. The molecule has 2 N–H and O–H groups in total. The second kappa shape index (κ2) is 5.48. The Morgan fingerprint density at radius 2 is 2.24 bits per heavy atom. The lowest BCUT2D eigenvalue weighted by Gasteiger charge is -2.14. The molecular formula is C12H18N4O. The predicted molar refractivity (Wildman–Crippen MR) is 66.2 cm³/mol. The molecule has 0 radical (unpaired) electrons. The van der Waals surface area contributed by atoms with E-state index in [4.69, 9.17) is 11.0 Å². The zero-order valence-corrected chi connectivity index (χ0v) is 10.3. The second-order valence-corrected chi connectivity index (χ2v) is 4.80. The van der Waals surface area contributed by atoms with Gasteiger partial charge >= 0.3 is 0 Å². The van der Waals surface area contributed by atoms with E-state index in [2.05, 4.69) is 11.2 Å². The van der Waals surface area contributed by atoms with Crippen molar-refractivity contribution in [3.63, 3.8) is 0 Å². The summed E-state index contributed by atoms with van der Waals surface area (Å²) in [6.07, 6.45) is 4.04. The summed E-state index contributed by atoms with van der Waals surface area (Å²) in [4.78, 5) is 11.5. The quantitative estimate of drug-likeness (QED) is 0.783. The molecular weight excluding hydrogens is 216 g/mol. The molecule has 5 nitrogen and oxygen atoms in total. The fraction of sp³-hybridized carbons (Fsp3) is 0.583. The number of unbranched alkanes of at least 4 members (excludes halogenated alkanes) is 1. The van der Waals surface area contributed by atoms with Gasteiger partial charge in [0.2, 0.25) is 0 Å². The van der Waals surface area contributed by atoms with Crippen LogP contribution in [0, 0.1) is 16.7 Å². The number of rotatable bonds is 5. The first-order valence-electron chi connectivity index (χ1n) is 5.68. The first-order valence-corrected chi connectivity index (χ1v) is 5.68. The molecule has 0 fully saturated rings. The van der Waals surface area contributed by atoms with Gasteiger partial charge in [0.05, 0.1) is 23.4 Å². The minimum Gasteiger partial charge on any atom is -0.397 e. The Hall–Kier alpha value is -1.83. The predicted octanol–water partition coefficient (Wildman–Crippen LogP) is 1.55. The van der Waals surface area contributed by atoms with Crippen LogP contribution in [0.4, 0.5) is 5.69 Å². The first-order chi connectivity index (χ1) is 7.94. The van der Waals surface area contributed by atoms with Crippen LogP contribution >= 0.6 is 0 Å². The van der Waals surface area contributed by atoms with Gasteiger partial charge in [-0.25, -0.2) is 4.68 Å². The summed E-state index contributed by atoms with van der Waals surface area (Å²) >= 11 is 0. The van der Waals surface area contributed by atoms with E-state index in [1.165, 1.54) is 16.9 Å². The van der Waals surface area contributed by atoms with Gasteiger partial charge in [-0.05, 0) is 26.7 Å². The summed E-state index contributed by atoms with van der Waals surface area (Å²) in [5.74, 6) is 0. The Bertz CT molecular complexity index is 470. The van der Waals surface area contributed by atoms with E-state index in [9.17, 15) is 4.79 Å². The molecule has 0 aromatic carbocycles. The molecule has 0 bridgehead atoms. The molecule has 0 spiro atoms. The van der Waals surface area contributed by atoms with Crippen LogP contribution in [0.15, 0.2) is 17.1 Å². The molecule has 0 aliphatic rings. The van der Waals surface area contributed by atoms with Gasteiger partial charge in [0.25, 0.3) is 5.56 Å². The second-order valence-electron chi connectivity index (χ2n) is 4.80. The molecule has 0 atom stereocenters. The lowest BCUT2D eigenvalue weighted by atomic mass is 9.89. The Morgan fingerprint density at radius 1 is 1.53 bits per heavy atom. The highest BCUT2D eigenvalue weighted by atomic mass is 16.1. The molecule has 5 heteroatoms. The van der Waals surface area contributed by atoms with E-state index in [1.54, 1.807) is 0 Å². The molecule has 0 aliphatic heterocycles. The van der Waals surface area contributed by atoms with Gasteiger partial charge in [0.1, 0.15) is 0 Å². The Labute approximate surface area is 101 Å². The van der Waals surface area contributed by atoms with Crippen molar-refractivity contribution in [1.82, 2.24) is 9.78 Å². The van der Waals surface area contributed by atoms with Crippen LogP contribution in [0.3, 0.4) is 0 Å². The molecule has 1 heterocycles. The number of nitrogens with zero attached hydrogens (tertiary/aromatic N) is 3. The monoisotopic (exact) mass is 234 g/mol. The molecule has 0 unspecified atom stereocenters. The van der Waals surface area contributed by atoms with Crippen molar-refractivity contribution in [2.75, 3.05) is 5.73 Å². The number of nitriles is 1. The number of hydrogen-bond acceptors (Lipinski definition) is 4. The summed E-state index contributed by atoms with van der Waals surface area (Å²) in [5, 5.41) is 12.8. The summed E-state index contributed by atoms with van der Waals surface area (Å²) < 4.78 is 1.40. The van der Waals surface area contributed by atoms with Gasteiger partial charge in [-0.15, -0.1) is 0 Å². The molecule has 1 aromatic heterocycles. The van der Waals surface area contributed by atoms with Crippen molar-refractivity contribution >= 4 is 5.69 Å². The van der Waals surface area contributed by atoms with Crippen LogP contribution in [0.25, 0.3) is 0 Å². The Morgan fingerprint density at radius 3 is 2.82 bits per heavy atom. The van der Waals surface area contributed by atoms with Gasteiger partial charge in [-0.1, -0.05) is 6.42 Å². The number of hydrogen-bond donors (Lipinski definition) is 1. The third kappa shape index (κ3) is 4.27. The van der Waals surface area contributed by atoms with Crippen molar-refractivity contribution in [2.24, 2.45) is 5.41 Å². The first kappa shape index (κ1) is 13.2. The van der Waals surface area contributed by atoms with Crippen molar-refractivity contribution in [3.8, 4) is 6.07 Å². The van der Waals surface area contributed by atoms with Crippen LogP contribution in [-0.2, 0) is 6.54 Å². The fourth-order valence-corrected chi connectivity index (χ4v) is 1.50. The summed E-state index contributed by atoms with van der Waals surface area (Å²) in [5.41, 5.74) is 5.36. The van der Waals surface area contributed by atoms with E-state index in [0.717, 1.165) is 19.3 Å². The van der Waals surface area contributed by atoms with Crippen molar-refractivity contribution in [3.05, 3.63) is 22.6 Å². The highest BCUT2D eigenvalue weighted by molar-refractivity contribution is 5.31. The largest absolute Gasteiger partial charge is 0.397 e. The van der Waals surface area contributed by atoms with Crippen LogP contribution in [0.2, 0.25) is 0 Å². The van der Waals surface area contributed by atoms with E-state index in [0.29, 0.717) is 12.2 Å². The zero-order chi connectivity index (χ0) is 12.9. The molecule has 92 valence electrons. The minimum atomic E-state index is -0.292. The summed E-state index contributed by atoms with van der Waals surface area (Å²) in [7, 11) is 0. The van der Waals surface area contributed by atoms with Crippen LogP contribution < -0.4 is 11.3 Å². The maximum absolute atomic E-state index is 11.5. The average molecular weight is 234 g/mol. The minimum absolute atomic E-state index is 0.176. The van der Waals surface area contributed by atoms with Crippen LogP contribution in [0.1, 0.15) is 33.1 Å². The van der Waals surface area contributed by atoms with Gasteiger partial charge in [-0.3, -0.25) is 4.79 Å². The molecule has 0 saturated heterocycles. The lowest BCUT2D eigenvalue weighted by Crippen LogP contribution is -2.22. The van der Waals surface area contributed by atoms with Gasteiger partial charge in [-0.2, -0.15) is 10.4 Å². The summed E-state index contributed by atoms with van der Waals surface area (Å²) in [6.45, 7) is 4.40. The number of anilines is 1. The number of nitrogen functional groups attached to an aromatic ring is 1. The van der Waals surface area contributed by atoms with Crippen molar-refractivity contribution in [2.45, 2.75) is 39.7 Å². The third-order valence-corrected chi connectivity index (χ3v) is 2.62. The van der Waals surface area contributed by atoms with Crippen molar-refractivity contribution in [1.29, 1.82) is 5.26 Å². The standard InChI is InChI=1S/C12H18N4O/c1-12(2,9-13)5-3-4-6-16-11(17)7-10(14)8-15-16/h7-8H,3-6,14H2,1-2H3. The maximum Gasteiger partial charge on any atom is 0.268 e. The molecule has 0 saturated carbocycles. The molecule has 17 heavy (non-hydrogen) atoms. The molecule has 0 amide bonds. The van der Waals surface area contributed by atoms with Crippen molar-refractivity contribution < 1.29 is 0 Å². The Balaban J connectivity index is 2.42. The maximum atomic E-state index is 11.5. The molecule has 0 aliphatic carbocycles. The van der Waals surface area contributed by atoms with Gasteiger partial charge in [0.15, 0.2) is 0 Å². The normalized spacial score (nSPS) is 11.1. The van der Waals surface area contributed by atoms with E-state index < -0.39 is 0 Å². The fourth-order valence-electron chi connectivity index (χ4n) is 1.50. The number of nitrogens with two attached hydrogens (primary N) is 1. The highest BCUT2D eigenvalue weighted by Crippen LogP contribution is 2.21. The van der Waals surface area contributed by atoms with E-state index in [-0.39, 0.29) is 11.0 Å². The zero-order valence-electron chi connectivity index (χ0n) is 10.3. The lowest BCUT2D eigenvalue weighted by molar-refractivity contribution is 0.408. The number of aryl methyl sites for hydroxylation is 1. The van der Waals surface area contributed by atoms with Crippen LogP contribution in [0.5, 0.6) is 0 Å². The highest BCUT2D eigenvalue weighted by Gasteiger charge is 2.15. The third-order valence-electron chi connectivity index (χ3n) is 2.62. The van der Waals surface area contributed by atoms with Gasteiger partial charge < -0.3 is 5.73 Å². The van der Waals surface area contributed by atoms with E-state index >= 15 is 0 Å². The van der Waals surface area contributed by atoms with Crippen LogP contribution in [-0.4, -0.2) is 9.78 Å². The Kier molecular flexibility index (Phi) is 4.27.